The van der Waals surface area contributed by atoms with Gasteiger partial charge < -0.3 is 10.0 Å². The molecule has 4 rings (SSSR count). The number of benzene rings is 3. The minimum atomic E-state index is -1.50. The van der Waals surface area contributed by atoms with E-state index in [1.54, 1.807) is 24.3 Å². The first kappa shape index (κ1) is 20.4. The molecule has 3 aromatic carbocycles. The van der Waals surface area contributed by atoms with Crippen molar-refractivity contribution < 1.29 is 10.0 Å². The predicted octanol–water partition coefficient (Wildman–Crippen LogP) is 3.58. The Morgan fingerprint density at radius 3 is 1.21 bits per heavy atom. The Morgan fingerprint density at radius 1 is 0.517 bits per heavy atom. The molecule has 5 nitrogen and oxygen atoms in total. The van der Waals surface area contributed by atoms with Crippen LogP contribution in [0.15, 0.2) is 84.9 Å². The van der Waals surface area contributed by atoms with Gasteiger partial charge in [-0.3, -0.25) is 0 Å². The quantitative estimate of drug-likeness (QED) is 0.527. The van der Waals surface area contributed by atoms with E-state index in [2.05, 4.69) is 15.0 Å². The molecule has 0 bridgehead atoms. The van der Waals surface area contributed by atoms with Crippen molar-refractivity contribution in [3.05, 3.63) is 84.9 Å². The van der Waals surface area contributed by atoms with Crippen molar-refractivity contribution in [3.8, 4) is 34.2 Å². The highest BCUT2D eigenvalue weighted by atomic mass is 16.4. The van der Waals surface area contributed by atoms with Crippen LogP contribution in [0.2, 0.25) is 0 Å². The fraction of sp³-hybridized carbons (Fsp3) is 0.0870. The Morgan fingerprint density at radius 2 is 0.862 bits per heavy atom. The monoisotopic (exact) mass is 383 g/mol. The zero-order valence-electron chi connectivity index (χ0n) is 16.4. The van der Waals surface area contributed by atoms with Gasteiger partial charge in [0.2, 0.25) is 0 Å². The molecule has 0 radical (unpaired) electrons. The van der Waals surface area contributed by atoms with Gasteiger partial charge in [-0.25, -0.2) is 15.0 Å². The summed E-state index contributed by atoms with van der Waals surface area (Å²) in [6.45, 7) is 4.00. The van der Waals surface area contributed by atoms with Crippen molar-refractivity contribution in [2.24, 2.45) is 0 Å². The minimum absolute atomic E-state index is 0.416. The molecule has 6 heteroatoms. The van der Waals surface area contributed by atoms with Crippen LogP contribution in [0, 0.1) is 0 Å². The highest BCUT2D eigenvalue weighted by Gasteiger charge is 2.14. The summed E-state index contributed by atoms with van der Waals surface area (Å²) in [6, 6.07) is 26.3. The van der Waals surface area contributed by atoms with Crippen molar-refractivity contribution in [2.75, 3.05) is 0 Å². The van der Waals surface area contributed by atoms with Crippen LogP contribution in [0.5, 0.6) is 0 Å². The van der Waals surface area contributed by atoms with E-state index in [1.165, 1.54) is 0 Å². The molecule has 144 valence electrons. The van der Waals surface area contributed by atoms with E-state index in [9.17, 15) is 10.0 Å². The highest BCUT2D eigenvalue weighted by Crippen LogP contribution is 2.24. The lowest BCUT2D eigenvalue weighted by Crippen LogP contribution is -2.29. The van der Waals surface area contributed by atoms with Crippen LogP contribution in [0.4, 0.5) is 0 Å². The molecule has 0 aliphatic heterocycles. The molecule has 0 spiro atoms. The zero-order valence-corrected chi connectivity index (χ0v) is 16.4. The highest BCUT2D eigenvalue weighted by molar-refractivity contribution is 6.58. The summed E-state index contributed by atoms with van der Waals surface area (Å²) in [4.78, 5) is 13.9. The van der Waals surface area contributed by atoms with Gasteiger partial charge in [-0.2, -0.15) is 0 Å². The predicted molar refractivity (Wildman–Crippen MR) is 117 cm³/mol. The van der Waals surface area contributed by atoms with Crippen LogP contribution in [0.3, 0.4) is 0 Å². The lowest BCUT2D eigenvalue weighted by molar-refractivity contribution is 0.426. The lowest BCUT2D eigenvalue weighted by Gasteiger charge is -2.08. The third kappa shape index (κ3) is 4.93. The van der Waals surface area contributed by atoms with Crippen molar-refractivity contribution in [2.45, 2.75) is 13.8 Å². The maximum atomic E-state index is 9.29. The molecular formula is C23H22BN3O2. The average Bonchev–Trinajstić information content (AvgIpc) is 2.81. The SMILES string of the molecule is CC.OB(O)c1ccc(-c2nc(-c3ccccc3)nc(-c3ccccc3)n2)cc1. The van der Waals surface area contributed by atoms with Crippen LogP contribution < -0.4 is 5.46 Å². The Balaban J connectivity index is 0.00000117. The van der Waals surface area contributed by atoms with E-state index >= 15 is 0 Å². The standard InChI is InChI=1S/C21H16BN3O2.C2H6/c26-22(27)18-13-11-17(12-14-18)21-24-19(15-7-3-1-4-8-15)23-20(25-21)16-9-5-2-6-10-16;1-2/h1-14,26-27H;1-2H3. The topological polar surface area (TPSA) is 79.1 Å². The molecule has 0 unspecified atom stereocenters. The third-order valence-electron chi connectivity index (χ3n) is 4.17. The Hall–Kier alpha value is -3.35. The zero-order chi connectivity index (χ0) is 20.6. The summed E-state index contributed by atoms with van der Waals surface area (Å²) < 4.78 is 0. The lowest BCUT2D eigenvalue weighted by atomic mass is 9.80. The molecule has 29 heavy (non-hydrogen) atoms. The summed E-state index contributed by atoms with van der Waals surface area (Å²) >= 11 is 0. The van der Waals surface area contributed by atoms with Crippen molar-refractivity contribution in [1.82, 2.24) is 15.0 Å². The van der Waals surface area contributed by atoms with E-state index in [0.717, 1.165) is 16.7 Å². The number of hydrogen-bond acceptors (Lipinski definition) is 5. The van der Waals surface area contributed by atoms with Crippen LogP contribution in [0.25, 0.3) is 34.2 Å². The van der Waals surface area contributed by atoms with Gasteiger partial charge >= 0.3 is 7.12 Å². The number of rotatable bonds is 4. The number of aromatic nitrogens is 3. The van der Waals surface area contributed by atoms with Crippen LogP contribution in [0.1, 0.15) is 13.8 Å². The van der Waals surface area contributed by atoms with E-state index < -0.39 is 7.12 Å². The molecule has 2 N–H and O–H groups in total. The molecular weight excluding hydrogens is 361 g/mol. The fourth-order valence-electron chi connectivity index (χ4n) is 2.74. The second-order valence-corrected chi connectivity index (χ2v) is 6.03. The first-order valence-electron chi connectivity index (χ1n) is 9.54. The smallest absolute Gasteiger partial charge is 0.423 e. The number of nitrogens with zero attached hydrogens (tertiary/aromatic N) is 3. The van der Waals surface area contributed by atoms with Gasteiger partial charge in [0.15, 0.2) is 17.5 Å². The van der Waals surface area contributed by atoms with Gasteiger partial charge in [0.1, 0.15) is 0 Å². The van der Waals surface area contributed by atoms with Crippen molar-refractivity contribution >= 4 is 12.6 Å². The van der Waals surface area contributed by atoms with Gasteiger partial charge in [-0.05, 0) is 5.46 Å². The van der Waals surface area contributed by atoms with E-state index in [1.807, 2.05) is 74.5 Å². The average molecular weight is 383 g/mol. The molecule has 1 heterocycles. The molecule has 0 saturated carbocycles. The van der Waals surface area contributed by atoms with Crippen LogP contribution >= 0.6 is 0 Å². The Labute approximate surface area is 170 Å². The van der Waals surface area contributed by atoms with E-state index in [4.69, 9.17) is 0 Å². The molecule has 4 aromatic rings. The van der Waals surface area contributed by atoms with Gasteiger partial charge in [0.05, 0.1) is 0 Å². The Kier molecular flexibility index (Phi) is 6.84. The maximum absolute atomic E-state index is 9.29. The Bertz CT molecular complexity index is 983. The number of hydrogen-bond donors (Lipinski definition) is 2. The van der Waals surface area contributed by atoms with Crippen LogP contribution in [-0.4, -0.2) is 32.1 Å². The van der Waals surface area contributed by atoms with Crippen molar-refractivity contribution in [1.29, 1.82) is 0 Å². The second kappa shape index (κ2) is 9.73. The van der Waals surface area contributed by atoms with Gasteiger partial charge in [-0.15, -0.1) is 0 Å². The first-order chi connectivity index (χ1) is 14.2. The molecule has 0 aliphatic carbocycles. The maximum Gasteiger partial charge on any atom is 0.488 e. The molecule has 1 aromatic heterocycles. The van der Waals surface area contributed by atoms with Gasteiger partial charge in [-0.1, -0.05) is 98.8 Å². The summed E-state index contributed by atoms with van der Waals surface area (Å²) in [5.41, 5.74) is 3.00. The van der Waals surface area contributed by atoms with Gasteiger partial charge in [0, 0.05) is 16.7 Å². The molecule has 0 saturated heterocycles. The summed E-state index contributed by atoms with van der Waals surface area (Å²) in [5, 5.41) is 18.6. The van der Waals surface area contributed by atoms with Crippen molar-refractivity contribution in [3.63, 3.8) is 0 Å². The molecule has 0 atom stereocenters. The second-order valence-electron chi connectivity index (χ2n) is 6.03. The summed E-state index contributed by atoms with van der Waals surface area (Å²) in [6.07, 6.45) is 0. The first-order valence-corrected chi connectivity index (χ1v) is 9.54. The minimum Gasteiger partial charge on any atom is -0.423 e. The fourth-order valence-corrected chi connectivity index (χ4v) is 2.74. The third-order valence-corrected chi connectivity index (χ3v) is 4.17. The molecule has 0 amide bonds. The molecule has 0 aliphatic rings. The summed E-state index contributed by atoms with van der Waals surface area (Å²) in [5.74, 6) is 1.71. The van der Waals surface area contributed by atoms with Crippen LogP contribution in [-0.2, 0) is 0 Å². The summed E-state index contributed by atoms with van der Waals surface area (Å²) in [7, 11) is -1.50. The largest absolute Gasteiger partial charge is 0.488 e. The van der Waals surface area contributed by atoms with Gasteiger partial charge in [0.25, 0.3) is 0 Å². The normalized spacial score (nSPS) is 10.1. The molecule has 0 fully saturated rings. The van der Waals surface area contributed by atoms with E-state index in [0.29, 0.717) is 22.9 Å². The van der Waals surface area contributed by atoms with E-state index in [-0.39, 0.29) is 0 Å².